The van der Waals surface area contributed by atoms with E-state index in [1.54, 1.807) is 16.2 Å². The van der Waals surface area contributed by atoms with Gasteiger partial charge in [0.05, 0.1) is 11.0 Å². The van der Waals surface area contributed by atoms with E-state index in [0.717, 1.165) is 34.3 Å². The summed E-state index contributed by atoms with van der Waals surface area (Å²) in [6, 6.07) is 10.0. The lowest BCUT2D eigenvalue weighted by molar-refractivity contribution is 0.0266. The Balaban J connectivity index is 1.71. The van der Waals surface area contributed by atoms with Crippen molar-refractivity contribution in [3.63, 3.8) is 0 Å². The van der Waals surface area contributed by atoms with Gasteiger partial charge in [-0.15, -0.1) is 11.3 Å². The molecule has 4 heteroatoms. The summed E-state index contributed by atoms with van der Waals surface area (Å²) in [4.78, 5) is 14.9. The Labute approximate surface area is 116 Å². The van der Waals surface area contributed by atoms with E-state index < -0.39 is 0 Å². The number of nitrogens with zero attached hydrogens (tertiary/aromatic N) is 1. The van der Waals surface area contributed by atoms with Gasteiger partial charge in [-0.1, -0.05) is 18.2 Å². The Morgan fingerprint density at radius 1 is 1.42 bits per heavy atom. The van der Waals surface area contributed by atoms with Gasteiger partial charge in [0, 0.05) is 18.3 Å². The first-order valence-electron chi connectivity index (χ1n) is 6.55. The molecule has 1 heterocycles. The van der Waals surface area contributed by atoms with Crippen LogP contribution in [-0.4, -0.2) is 35.6 Å². The van der Waals surface area contributed by atoms with E-state index in [9.17, 15) is 9.90 Å². The van der Waals surface area contributed by atoms with Crippen molar-refractivity contribution in [2.45, 2.75) is 18.9 Å². The summed E-state index contributed by atoms with van der Waals surface area (Å²) in [7, 11) is 1.84. The Hall–Kier alpha value is -1.39. The normalized spacial score (nSPS) is 22.2. The fourth-order valence-electron chi connectivity index (χ4n) is 2.60. The van der Waals surface area contributed by atoms with Crippen molar-refractivity contribution in [2.75, 3.05) is 13.6 Å². The predicted molar refractivity (Wildman–Crippen MR) is 77.5 cm³/mol. The van der Waals surface area contributed by atoms with Gasteiger partial charge in [0.15, 0.2) is 0 Å². The monoisotopic (exact) mass is 275 g/mol. The van der Waals surface area contributed by atoms with Crippen LogP contribution in [0.15, 0.2) is 30.3 Å². The van der Waals surface area contributed by atoms with Crippen LogP contribution >= 0.6 is 11.3 Å². The van der Waals surface area contributed by atoms with Crippen molar-refractivity contribution >= 4 is 27.3 Å². The van der Waals surface area contributed by atoms with Gasteiger partial charge in [-0.3, -0.25) is 4.79 Å². The molecule has 1 fully saturated rings. The zero-order chi connectivity index (χ0) is 13.4. The van der Waals surface area contributed by atoms with E-state index in [0.29, 0.717) is 5.92 Å². The SMILES string of the molecule is CN(CC1CC(O)C1)C(=O)c1cc2ccccc2s1. The number of hydrogen-bond acceptors (Lipinski definition) is 3. The molecule has 0 bridgehead atoms. The molecule has 0 aliphatic heterocycles. The number of aliphatic hydroxyl groups excluding tert-OH is 1. The first-order chi connectivity index (χ1) is 9.13. The summed E-state index contributed by atoms with van der Waals surface area (Å²) in [5.74, 6) is 0.543. The minimum Gasteiger partial charge on any atom is -0.393 e. The summed E-state index contributed by atoms with van der Waals surface area (Å²) in [6.07, 6.45) is 1.49. The molecule has 100 valence electrons. The molecule has 0 radical (unpaired) electrons. The minimum absolute atomic E-state index is 0.0857. The maximum atomic E-state index is 12.3. The van der Waals surface area contributed by atoms with Crippen LogP contribution in [0.3, 0.4) is 0 Å². The highest BCUT2D eigenvalue weighted by Crippen LogP contribution is 2.29. The molecule has 1 aliphatic rings. The summed E-state index contributed by atoms with van der Waals surface area (Å²) in [5, 5.41) is 10.4. The molecule has 1 N–H and O–H groups in total. The van der Waals surface area contributed by atoms with E-state index in [2.05, 4.69) is 0 Å². The molecule has 3 rings (SSSR count). The first kappa shape index (κ1) is 12.6. The van der Waals surface area contributed by atoms with Crippen LogP contribution in [-0.2, 0) is 0 Å². The summed E-state index contributed by atoms with van der Waals surface area (Å²) in [5.41, 5.74) is 0. The molecule has 3 nitrogen and oxygen atoms in total. The zero-order valence-electron chi connectivity index (χ0n) is 10.9. The van der Waals surface area contributed by atoms with Crippen LogP contribution in [0.4, 0.5) is 0 Å². The maximum absolute atomic E-state index is 12.3. The summed E-state index contributed by atoms with van der Waals surface area (Å²) >= 11 is 1.55. The fraction of sp³-hybridized carbons (Fsp3) is 0.400. The standard InChI is InChI=1S/C15H17NO2S/c1-16(9-10-6-12(17)7-10)15(18)14-8-11-4-2-3-5-13(11)19-14/h2-5,8,10,12,17H,6-7,9H2,1H3. The van der Waals surface area contributed by atoms with E-state index in [1.165, 1.54) is 0 Å². The average molecular weight is 275 g/mol. The number of carbonyl (C=O) groups is 1. The molecular formula is C15H17NO2S. The molecule has 0 atom stereocenters. The van der Waals surface area contributed by atoms with E-state index in [1.807, 2.05) is 37.4 Å². The third-order valence-electron chi connectivity index (χ3n) is 3.73. The van der Waals surface area contributed by atoms with E-state index >= 15 is 0 Å². The smallest absolute Gasteiger partial charge is 0.263 e. The fourth-order valence-corrected chi connectivity index (χ4v) is 3.65. The molecule has 0 saturated heterocycles. The molecule has 19 heavy (non-hydrogen) atoms. The van der Waals surface area contributed by atoms with Crippen molar-refractivity contribution in [3.8, 4) is 0 Å². The van der Waals surface area contributed by atoms with Crippen molar-refractivity contribution in [2.24, 2.45) is 5.92 Å². The zero-order valence-corrected chi connectivity index (χ0v) is 11.7. The largest absolute Gasteiger partial charge is 0.393 e. The van der Waals surface area contributed by atoms with Crippen LogP contribution in [0.1, 0.15) is 22.5 Å². The van der Waals surface area contributed by atoms with Crippen LogP contribution < -0.4 is 0 Å². The lowest BCUT2D eigenvalue weighted by Crippen LogP contribution is -2.39. The number of hydrogen-bond donors (Lipinski definition) is 1. The predicted octanol–water partition coefficient (Wildman–Crippen LogP) is 2.74. The molecule has 2 aromatic rings. The highest BCUT2D eigenvalue weighted by Gasteiger charge is 2.29. The van der Waals surface area contributed by atoms with Gasteiger partial charge in [0.2, 0.25) is 0 Å². The average Bonchev–Trinajstić information content (AvgIpc) is 2.79. The van der Waals surface area contributed by atoms with Gasteiger partial charge in [-0.2, -0.15) is 0 Å². The Kier molecular flexibility index (Phi) is 3.29. The van der Waals surface area contributed by atoms with Crippen molar-refractivity contribution in [3.05, 3.63) is 35.2 Å². The Morgan fingerprint density at radius 3 is 2.84 bits per heavy atom. The number of benzene rings is 1. The van der Waals surface area contributed by atoms with Gasteiger partial charge >= 0.3 is 0 Å². The van der Waals surface area contributed by atoms with Gasteiger partial charge in [0.25, 0.3) is 5.91 Å². The maximum Gasteiger partial charge on any atom is 0.263 e. The number of rotatable bonds is 3. The number of aliphatic hydroxyl groups is 1. The number of amides is 1. The van der Waals surface area contributed by atoms with Crippen molar-refractivity contribution < 1.29 is 9.90 Å². The second-order valence-electron chi connectivity index (χ2n) is 5.33. The quantitative estimate of drug-likeness (QED) is 0.935. The third kappa shape index (κ3) is 2.51. The Morgan fingerprint density at radius 2 is 2.16 bits per heavy atom. The number of thiophene rings is 1. The van der Waals surface area contributed by atoms with Crippen LogP contribution in [0, 0.1) is 5.92 Å². The Bertz CT molecular complexity index is 568. The van der Waals surface area contributed by atoms with Crippen molar-refractivity contribution in [1.29, 1.82) is 0 Å². The van der Waals surface area contributed by atoms with Gasteiger partial charge in [-0.05, 0) is 36.3 Å². The molecule has 1 amide bonds. The second-order valence-corrected chi connectivity index (χ2v) is 6.41. The molecule has 1 aromatic carbocycles. The van der Waals surface area contributed by atoms with Crippen LogP contribution in [0.5, 0.6) is 0 Å². The molecular weight excluding hydrogens is 258 g/mol. The first-order valence-corrected chi connectivity index (χ1v) is 7.37. The lowest BCUT2D eigenvalue weighted by Gasteiger charge is -2.34. The van der Waals surface area contributed by atoms with E-state index in [-0.39, 0.29) is 12.0 Å². The van der Waals surface area contributed by atoms with Crippen LogP contribution in [0.2, 0.25) is 0 Å². The topological polar surface area (TPSA) is 40.5 Å². The minimum atomic E-state index is -0.155. The second kappa shape index (κ2) is 4.94. The molecule has 1 saturated carbocycles. The molecule has 1 aliphatic carbocycles. The number of fused-ring (bicyclic) bond motifs is 1. The molecule has 0 spiro atoms. The summed E-state index contributed by atoms with van der Waals surface area (Å²) < 4.78 is 1.15. The summed E-state index contributed by atoms with van der Waals surface area (Å²) in [6.45, 7) is 0.740. The highest BCUT2D eigenvalue weighted by atomic mass is 32.1. The molecule has 1 aromatic heterocycles. The third-order valence-corrected chi connectivity index (χ3v) is 4.83. The van der Waals surface area contributed by atoms with Crippen LogP contribution in [0.25, 0.3) is 10.1 Å². The highest BCUT2D eigenvalue weighted by molar-refractivity contribution is 7.20. The van der Waals surface area contributed by atoms with Gasteiger partial charge in [0.1, 0.15) is 0 Å². The van der Waals surface area contributed by atoms with Gasteiger partial charge < -0.3 is 10.0 Å². The lowest BCUT2D eigenvalue weighted by atomic mass is 9.82. The van der Waals surface area contributed by atoms with E-state index in [4.69, 9.17) is 0 Å². The number of carbonyl (C=O) groups excluding carboxylic acids is 1. The molecule has 0 unspecified atom stereocenters. The van der Waals surface area contributed by atoms with Gasteiger partial charge in [-0.25, -0.2) is 0 Å². The van der Waals surface area contributed by atoms with Crippen molar-refractivity contribution in [1.82, 2.24) is 4.90 Å².